The summed E-state index contributed by atoms with van der Waals surface area (Å²) in [7, 11) is 2.02. The molecule has 0 atom stereocenters. The van der Waals surface area contributed by atoms with E-state index in [9.17, 15) is 9.59 Å². The van der Waals surface area contributed by atoms with Crippen LogP contribution in [0.3, 0.4) is 0 Å². The van der Waals surface area contributed by atoms with Crippen LogP contribution >= 0.6 is 23.1 Å². The van der Waals surface area contributed by atoms with Crippen LogP contribution in [-0.4, -0.2) is 28.1 Å². The Morgan fingerprint density at radius 2 is 1.79 bits per heavy atom. The first-order chi connectivity index (χ1) is 18.4. The van der Waals surface area contributed by atoms with E-state index in [1.165, 1.54) is 34.2 Å². The van der Waals surface area contributed by atoms with E-state index in [0.717, 1.165) is 53.0 Å². The highest BCUT2D eigenvalue weighted by molar-refractivity contribution is 7.99. The molecule has 1 aliphatic carbocycles. The van der Waals surface area contributed by atoms with E-state index < -0.39 is 0 Å². The smallest absolute Gasteiger partial charge is 0.267 e. The minimum Gasteiger partial charge on any atom is -0.347 e. The van der Waals surface area contributed by atoms with Gasteiger partial charge in [-0.25, -0.2) is 4.98 Å². The SMILES string of the molecule is CN1/C(=C\C(=O)CSc2nc3sc4c(c3c(=O)n2-c2ccccc2)CCCCC4)C(C)(C)c2ccccc21. The van der Waals surface area contributed by atoms with Crippen LogP contribution in [0.1, 0.15) is 49.1 Å². The number of likely N-dealkylation sites (N-methyl/N-ethyl adjacent to an activating group) is 1. The van der Waals surface area contributed by atoms with Crippen LogP contribution in [-0.2, 0) is 23.1 Å². The number of aryl methyl sites for hydroxylation is 2. The Kier molecular flexibility index (Phi) is 6.52. The van der Waals surface area contributed by atoms with Crippen LogP contribution in [0.2, 0.25) is 0 Å². The fourth-order valence-corrected chi connectivity index (χ4v) is 7.99. The number of para-hydroxylation sites is 2. The molecule has 2 aromatic carbocycles. The Morgan fingerprint density at radius 1 is 1.05 bits per heavy atom. The van der Waals surface area contributed by atoms with Crippen LogP contribution < -0.4 is 10.5 Å². The van der Waals surface area contributed by atoms with Crippen molar-refractivity contribution in [2.45, 2.75) is 56.5 Å². The van der Waals surface area contributed by atoms with Crippen LogP contribution in [0.5, 0.6) is 0 Å². The predicted octanol–water partition coefficient (Wildman–Crippen LogP) is 6.69. The van der Waals surface area contributed by atoms with Crippen molar-refractivity contribution in [2.75, 3.05) is 17.7 Å². The van der Waals surface area contributed by atoms with E-state index in [-0.39, 0.29) is 22.5 Å². The summed E-state index contributed by atoms with van der Waals surface area (Å²) < 4.78 is 1.70. The van der Waals surface area contributed by atoms with E-state index in [4.69, 9.17) is 4.98 Å². The van der Waals surface area contributed by atoms with Gasteiger partial charge in [-0.2, -0.15) is 0 Å². The van der Waals surface area contributed by atoms with Crippen molar-refractivity contribution in [3.8, 4) is 5.69 Å². The van der Waals surface area contributed by atoms with Crippen molar-refractivity contribution >= 4 is 44.8 Å². The Morgan fingerprint density at radius 3 is 2.58 bits per heavy atom. The third kappa shape index (κ3) is 4.22. The second kappa shape index (κ2) is 9.86. The molecule has 1 aliphatic heterocycles. The summed E-state index contributed by atoms with van der Waals surface area (Å²) in [5, 5.41) is 1.33. The number of nitrogens with zero attached hydrogens (tertiary/aromatic N) is 3. The van der Waals surface area contributed by atoms with Gasteiger partial charge in [0.05, 0.1) is 16.8 Å². The number of hydrogen-bond donors (Lipinski definition) is 0. The number of carbonyl (C=O) groups is 1. The summed E-state index contributed by atoms with van der Waals surface area (Å²) in [6, 6.07) is 18.0. The average Bonchev–Trinajstić information content (AvgIpc) is 3.23. The average molecular weight is 542 g/mol. The number of rotatable bonds is 5. The van der Waals surface area contributed by atoms with Gasteiger partial charge in [0.1, 0.15) is 4.83 Å². The molecule has 0 radical (unpaired) electrons. The molecule has 0 saturated heterocycles. The molecule has 4 aromatic rings. The summed E-state index contributed by atoms with van der Waals surface area (Å²) in [6.45, 7) is 4.32. The monoisotopic (exact) mass is 541 g/mol. The molecule has 0 spiro atoms. The zero-order valence-electron chi connectivity index (χ0n) is 22.0. The molecular formula is C31H31N3O2S2. The maximum absolute atomic E-state index is 14.0. The van der Waals surface area contributed by atoms with Crippen molar-refractivity contribution in [2.24, 2.45) is 0 Å². The standard InChI is InChI=1S/C31H31N3O2S2/c1-31(2)23-15-10-11-16-24(23)33(3)26(31)18-21(35)19-37-30-32-28-27(22-14-8-5-9-17-25(22)38-28)29(36)34(30)20-12-6-4-7-13-20/h4,6-7,10-13,15-16,18H,5,8-9,14,17,19H2,1-3H3/b26-18-. The van der Waals surface area contributed by atoms with Gasteiger partial charge >= 0.3 is 0 Å². The highest BCUT2D eigenvalue weighted by Crippen LogP contribution is 2.46. The van der Waals surface area contributed by atoms with E-state index in [2.05, 4.69) is 30.9 Å². The van der Waals surface area contributed by atoms with Gasteiger partial charge in [0.15, 0.2) is 10.9 Å². The fourth-order valence-electron chi connectivity index (χ4n) is 5.85. The number of aromatic nitrogens is 2. The summed E-state index contributed by atoms with van der Waals surface area (Å²) in [4.78, 5) is 36.5. The summed E-state index contributed by atoms with van der Waals surface area (Å²) in [5.74, 6) is 0.216. The minimum absolute atomic E-state index is 0.00801. The lowest BCUT2D eigenvalue weighted by molar-refractivity contribution is -0.112. The molecule has 38 heavy (non-hydrogen) atoms. The third-order valence-electron chi connectivity index (χ3n) is 7.80. The Labute approximate surface area is 231 Å². The molecular weight excluding hydrogens is 510 g/mol. The van der Waals surface area contributed by atoms with Crippen molar-refractivity contribution in [1.29, 1.82) is 0 Å². The van der Waals surface area contributed by atoms with Gasteiger partial charge in [-0.05, 0) is 55.0 Å². The Balaban J connectivity index is 1.36. The topological polar surface area (TPSA) is 55.2 Å². The lowest BCUT2D eigenvalue weighted by Gasteiger charge is -2.24. The molecule has 0 fully saturated rings. The molecule has 0 bridgehead atoms. The van der Waals surface area contributed by atoms with Crippen molar-refractivity contribution < 1.29 is 4.79 Å². The van der Waals surface area contributed by atoms with Crippen molar-refractivity contribution in [3.63, 3.8) is 0 Å². The number of anilines is 1. The largest absolute Gasteiger partial charge is 0.347 e. The minimum atomic E-state index is -0.260. The molecule has 7 heteroatoms. The van der Waals surface area contributed by atoms with Gasteiger partial charge < -0.3 is 4.90 Å². The quantitative estimate of drug-likeness (QED) is 0.122. The highest BCUT2D eigenvalue weighted by atomic mass is 32.2. The second-order valence-electron chi connectivity index (χ2n) is 10.6. The van der Waals surface area contributed by atoms with Gasteiger partial charge in [0, 0.05) is 34.8 Å². The van der Waals surface area contributed by atoms with Gasteiger partial charge in [-0.15, -0.1) is 11.3 Å². The Hall–Kier alpha value is -3.16. The van der Waals surface area contributed by atoms with E-state index in [1.807, 2.05) is 49.5 Å². The zero-order chi connectivity index (χ0) is 26.4. The van der Waals surface area contributed by atoms with E-state index in [1.54, 1.807) is 22.0 Å². The normalized spacial score (nSPS) is 17.4. The van der Waals surface area contributed by atoms with E-state index in [0.29, 0.717) is 5.16 Å². The molecule has 0 saturated carbocycles. The highest BCUT2D eigenvalue weighted by Gasteiger charge is 2.38. The molecule has 2 aliphatic rings. The molecule has 3 heterocycles. The van der Waals surface area contributed by atoms with Crippen molar-refractivity contribution in [1.82, 2.24) is 9.55 Å². The van der Waals surface area contributed by atoms with Gasteiger partial charge in [0.25, 0.3) is 5.56 Å². The first kappa shape index (κ1) is 25.1. The maximum atomic E-state index is 14.0. The van der Waals surface area contributed by atoms with Crippen LogP contribution in [0, 0.1) is 0 Å². The molecule has 2 aromatic heterocycles. The lowest BCUT2D eigenvalue weighted by Crippen LogP contribution is -2.24. The van der Waals surface area contributed by atoms with Crippen LogP contribution in [0.15, 0.2) is 76.3 Å². The fraction of sp³-hybridized carbons (Fsp3) is 0.323. The van der Waals surface area contributed by atoms with Gasteiger partial charge in [-0.1, -0.05) is 68.4 Å². The molecule has 0 N–H and O–H groups in total. The van der Waals surface area contributed by atoms with Crippen LogP contribution in [0.25, 0.3) is 15.9 Å². The third-order valence-corrected chi connectivity index (χ3v) is 9.95. The Bertz CT molecular complexity index is 1630. The van der Waals surface area contributed by atoms with E-state index >= 15 is 0 Å². The number of ketones is 1. The van der Waals surface area contributed by atoms with Crippen molar-refractivity contribution in [3.05, 3.63) is 92.7 Å². The van der Waals surface area contributed by atoms with Gasteiger partial charge in [-0.3, -0.25) is 14.2 Å². The molecule has 5 nitrogen and oxygen atoms in total. The first-order valence-corrected chi connectivity index (χ1v) is 15.0. The van der Waals surface area contributed by atoms with Gasteiger partial charge in [0.2, 0.25) is 0 Å². The number of benzene rings is 2. The summed E-state index contributed by atoms with van der Waals surface area (Å²) >= 11 is 3.00. The number of fused-ring (bicyclic) bond motifs is 4. The number of thioether (sulfide) groups is 1. The first-order valence-electron chi connectivity index (χ1n) is 13.2. The lowest BCUT2D eigenvalue weighted by atomic mass is 9.83. The summed E-state index contributed by atoms with van der Waals surface area (Å²) in [5.41, 5.74) is 5.01. The molecule has 194 valence electrons. The van der Waals surface area contributed by atoms with Crippen LogP contribution in [0.4, 0.5) is 5.69 Å². The predicted molar refractivity (Wildman–Crippen MR) is 158 cm³/mol. The second-order valence-corrected chi connectivity index (χ2v) is 12.6. The number of thiophene rings is 1. The number of carbonyl (C=O) groups excluding carboxylic acids is 1. The summed E-state index contributed by atoms with van der Waals surface area (Å²) in [6.07, 6.45) is 7.19. The molecule has 0 unspecified atom stereocenters. The zero-order valence-corrected chi connectivity index (χ0v) is 23.6. The number of hydrogen-bond acceptors (Lipinski definition) is 6. The molecule has 6 rings (SSSR count). The molecule has 0 amide bonds. The maximum Gasteiger partial charge on any atom is 0.267 e. The number of allylic oxidation sites excluding steroid dienone is 2.